The predicted octanol–water partition coefficient (Wildman–Crippen LogP) is 3.62. The van der Waals surface area contributed by atoms with Gasteiger partial charge in [-0.1, -0.05) is 0 Å². The van der Waals surface area contributed by atoms with Crippen molar-refractivity contribution in [3.05, 3.63) is 51.1 Å². The molecule has 0 atom stereocenters. The molecule has 0 unspecified atom stereocenters. The summed E-state index contributed by atoms with van der Waals surface area (Å²) in [4.78, 5) is 11.9. The Labute approximate surface area is 187 Å². The average molecular weight is 579 g/mol. The van der Waals surface area contributed by atoms with Gasteiger partial charge in [-0.3, -0.25) is 4.79 Å². The van der Waals surface area contributed by atoms with E-state index in [1.807, 2.05) is 22.6 Å². The highest BCUT2D eigenvalue weighted by atomic mass is 127. The van der Waals surface area contributed by atoms with E-state index in [0.29, 0.717) is 3.57 Å². The molecule has 0 heterocycles. The van der Waals surface area contributed by atoms with Gasteiger partial charge in [-0.25, -0.2) is 21.9 Å². The molecule has 14 heteroatoms. The zero-order chi connectivity index (χ0) is 23.4. The Morgan fingerprint density at radius 3 is 2.39 bits per heavy atom. The molecule has 0 aliphatic carbocycles. The molecule has 170 valence electrons. The molecule has 1 amide bonds. The Hall–Kier alpha value is -2.20. The summed E-state index contributed by atoms with van der Waals surface area (Å²) in [6.07, 6.45) is -0.238. The van der Waals surface area contributed by atoms with Crippen molar-refractivity contribution in [1.29, 1.82) is 0 Å². The van der Waals surface area contributed by atoms with Crippen LogP contribution in [-0.4, -0.2) is 33.0 Å². The highest BCUT2D eigenvalue weighted by Crippen LogP contribution is 2.31. The van der Waals surface area contributed by atoms with Crippen molar-refractivity contribution in [2.45, 2.75) is 11.9 Å². The molecule has 0 aromatic heterocycles. The van der Waals surface area contributed by atoms with Gasteiger partial charge in [0.25, 0.3) is 5.91 Å². The first-order valence-corrected chi connectivity index (χ1v) is 10.9. The second-order valence-corrected chi connectivity index (χ2v) is 8.99. The molecule has 2 rings (SSSR count). The third kappa shape index (κ3) is 6.64. The molecule has 0 radical (unpaired) electrons. The molecule has 0 aliphatic rings. The summed E-state index contributed by atoms with van der Waals surface area (Å²) in [7, 11) is -5.51. The Balaban J connectivity index is 2.16. The topological polar surface area (TPSA) is 111 Å². The molecule has 31 heavy (non-hydrogen) atoms. The van der Waals surface area contributed by atoms with Gasteiger partial charge in [0.1, 0.15) is 22.9 Å². The van der Waals surface area contributed by atoms with Gasteiger partial charge in [-0.05, 0) is 53.3 Å². The lowest BCUT2D eigenvalue weighted by Gasteiger charge is -2.16. The van der Waals surface area contributed by atoms with Crippen LogP contribution in [0.4, 0.5) is 33.3 Å². The highest BCUT2D eigenvalue weighted by molar-refractivity contribution is 14.1. The first-order valence-electron chi connectivity index (χ1n) is 8.36. The molecule has 7 nitrogen and oxygen atoms in total. The first kappa shape index (κ1) is 25.1. The van der Waals surface area contributed by atoms with E-state index in [1.165, 1.54) is 16.9 Å². The number of nitrogens with two attached hydrogens (primary N) is 1. The number of primary amides is 1. The standard InChI is InChI=1S/C17H15F5IN3O4S/c18-9-6-13(26-12-3-2-10(23)8-11(12)19)15(16(24)27)14(7-9)30-5-1-4-25-31(28,29)17(20,21)22/h2-3,6-8,25-26H,1,4-5H2,(H2,24,27). The van der Waals surface area contributed by atoms with Gasteiger partial charge in [0.15, 0.2) is 0 Å². The Morgan fingerprint density at radius 1 is 1.13 bits per heavy atom. The molecule has 0 spiro atoms. The molecule has 0 fully saturated rings. The summed E-state index contributed by atoms with van der Waals surface area (Å²) >= 11 is 1.88. The fourth-order valence-corrected chi connectivity index (χ4v) is 3.36. The van der Waals surface area contributed by atoms with Crippen LogP contribution in [0.5, 0.6) is 5.75 Å². The van der Waals surface area contributed by atoms with Gasteiger partial charge in [0, 0.05) is 16.2 Å². The largest absolute Gasteiger partial charge is 0.511 e. The monoisotopic (exact) mass is 579 g/mol. The number of hydrogen-bond acceptors (Lipinski definition) is 5. The van der Waals surface area contributed by atoms with Gasteiger partial charge in [0.05, 0.1) is 18.0 Å². The van der Waals surface area contributed by atoms with Crippen LogP contribution in [0.3, 0.4) is 0 Å². The molecule has 4 N–H and O–H groups in total. The number of sulfonamides is 1. The van der Waals surface area contributed by atoms with E-state index in [1.54, 1.807) is 6.07 Å². The second-order valence-electron chi connectivity index (χ2n) is 5.99. The average Bonchev–Trinajstić information content (AvgIpc) is 2.62. The van der Waals surface area contributed by atoms with Crippen LogP contribution in [0.1, 0.15) is 16.8 Å². The van der Waals surface area contributed by atoms with E-state index < -0.39 is 39.6 Å². The molecule has 0 aliphatic heterocycles. The summed E-state index contributed by atoms with van der Waals surface area (Å²) < 4.78 is 93.9. The molecule has 0 bridgehead atoms. The minimum atomic E-state index is -5.51. The van der Waals surface area contributed by atoms with E-state index in [-0.39, 0.29) is 35.7 Å². The van der Waals surface area contributed by atoms with Crippen LogP contribution < -0.4 is 20.5 Å². The number of nitrogens with one attached hydrogen (secondary N) is 2. The van der Waals surface area contributed by atoms with Crippen molar-refractivity contribution < 1.29 is 39.9 Å². The molecule has 2 aromatic rings. The van der Waals surface area contributed by atoms with Crippen LogP contribution >= 0.6 is 22.6 Å². The van der Waals surface area contributed by atoms with E-state index in [2.05, 4.69) is 5.32 Å². The lowest BCUT2D eigenvalue weighted by atomic mass is 10.1. The summed E-state index contributed by atoms with van der Waals surface area (Å²) in [5, 5.41) is 2.55. The second kappa shape index (κ2) is 9.95. The highest BCUT2D eigenvalue weighted by Gasteiger charge is 2.45. The van der Waals surface area contributed by atoms with Crippen LogP contribution in [-0.2, 0) is 10.0 Å². The normalized spacial score (nSPS) is 11.9. The quantitative estimate of drug-likeness (QED) is 0.239. The minimum Gasteiger partial charge on any atom is -0.493 e. The number of alkyl halides is 3. The molecular weight excluding hydrogens is 564 g/mol. The predicted molar refractivity (Wildman–Crippen MR) is 110 cm³/mol. The van der Waals surface area contributed by atoms with Crippen molar-refractivity contribution in [3.8, 4) is 5.75 Å². The molecule has 0 saturated carbocycles. The van der Waals surface area contributed by atoms with Crippen LogP contribution in [0.2, 0.25) is 0 Å². The van der Waals surface area contributed by atoms with E-state index in [0.717, 1.165) is 12.1 Å². The van der Waals surface area contributed by atoms with Crippen LogP contribution in [0.15, 0.2) is 30.3 Å². The van der Waals surface area contributed by atoms with Gasteiger partial charge in [0.2, 0.25) is 0 Å². The maximum absolute atomic E-state index is 14.1. The van der Waals surface area contributed by atoms with Gasteiger partial charge in [-0.2, -0.15) is 13.2 Å². The lowest BCUT2D eigenvalue weighted by molar-refractivity contribution is -0.0447. The van der Waals surface area contributed by atoms with Crippen molar-refractivity contribution in [2.75, 3.05) is 18.5 Å². The number of benzene rings is 2. The fourth-order valence-electron chi connectivity index (χ4n) is 2.33. The number of hydrogen-bond donors (Lipinski definition) is 3. The summed E-state index contributed by atoms with van der Waals surface area (Å²) in [5.41, 5.74) is -0.720. The molecular formula is C17H15F5IN3O4S. The Kier molecular flexibility index (Phi) is 8.04. The number of carbonyl (C=O) groups is 1. The lowest BCUT2D eigenvalue weighted by Crippen LogP contribution is -2.37. The number of carbonyl (C=O) groups excluding carboxylic acids is 1. The fraction of sp³-hybridized carbons (Fsp3) is 0.235. The summed E-state index contributed by atoms with van der Waals surface area (Å²) in [6, 6.07) is 5.83. The molecule has 2 aromatic carbocycles. The number of rotatable bonds is 9. The Morgan fingerprint density at radius 2 is 1.81 bits per heavy atom. The summed E-state index contributed by atoms with van der Waals surface area (Å²) in [5.74, 6) is -2.93. The van der Waals surface area contributed by atoms with Gasteiger partial charge < -0.3 is 15.8 Å². The van der Waals surface area contributed by atoms with Crippen LogP contribution in [0.25, 0.3) is 0 Å². The minimum absolute atomic E-state index is 0.0685. The van der Waals surface area contributed by atoms with E-state index >= 15 is 0 Å². The van der Waals surface area contributed by atoms with Crippen molar-refractivity contribution in [1.82, 2.24) is 4.72 Å². The maximum atomic E-state index is 14.1. The van der Waals surface area contributed by atoms with Crippen molar-refractivity contribution in [2.24, 2.45) is 5.73 Å². The SMILES string of the molecule is NC(=O)c1c(Nc2ccc(I)cc2F)cc(F)cc1OCCCNS(=O)(=O)C(F)(F)F. The van der Waals surface area contributed by atoms with Crippen LogP contribution in [0, 0.1) is 15.2 Å². The third-order valence-electron chi connectivity index (χ3n) is 3.69. The summed E-state index contributed by atoms with van der Waals surface area (Å²) in [6.45, 7) is -0.997. The third-order valence-corrected chi connectivity index (χ3v) is 5.55. The Bertz CT molecular complexity index is 1080. The maximum Gasteiger partial charge on any atom is 0.511 e. The van der Waals surface area contributed by atoms with E-state index in [9.17, 15) is 35.2 Å². The zero-order valence-corrected chi connectivity index (χ0v) is 18.4. The number of amides is 1. The van der Waals surface area contributed by atoms with E-state index in [4.69, 9.17) is 10.5 Å². The smallest absolute Gasteiger partial charge is 0.493 e. The van der Waals surface area contributed by atoms with Crippen molar-refractivity contribution >= 4 is 49.9 Å². The number of halogens is 6. The number of ether oxygens (including phenoxy) is 1. The van der Waals surface area contributed by atoms with Crippen molar-refractivity contribution in [3.63, 3.8) is 0 Å². The zero-order valence-electron chi connectivity index (χ0n) is 15.4. The molecule has 0 saturated heterocycles. The van der Waals surface area contributed by atoms with Gasteiger partial charge >= 0.3 is 15.5 Å². The number of anilines is 2. The van der Waals surface area contributed by atoms with Gasteiger partial charge in [-0.15, -0.1) is 0 Å². The first-order chi connectivity index (χ1) is 14.3.